The molecule has 0 aromatic heterocycles. The van der Waals surface area contributed by atoms with Crippen LogP contribution in [0.15, 0.2) is 18.2 Å². The van der Waals surface area contributed by atoms with Gasteiger partial charge in [0.2, 0.25) is 0 Å². The molecule has 0 aliphatic heterocycles. The van der Waals surface area contributed by atoms with Crippen LogP contribution in [-0.4, -0.2) is 23.9 Å². The third-order valence-corrected chi connectivity index (χ3v) is 3.41. The Kier molecular flexibility index (Phi) is 2.57. The molecular formula is C12H16O3. The molecule has 0 heterocycles. The molecule has 2 rings (SSSR count). The predicted molar refractivity (Wildman–Crippen MR) is 57.3 cm³/mol. The highest BCUT2D eigenvalue weighted by molar-refractivity contribution is 5.45. The number of hydrogen-bond donors (Lipinski definition) is 2. The zero-order chi connectivity index (χ0) is 10.9. The maximum Gasteiger partial charge on any atom is 0.160 e. The highest BCUT2D eigenvalue weighted by atomic mass is 16.5. The molecule has 1 aliphatic carbocycles. The number of phenolic OH excluding ortho intramolecular Hbond substituents is 1. The first-order chi connectivity index (χ1) is 7.22. The van der Waals surface area contributed by atoms with Gasteiger partial charge in [0.15, 0.2) is 11.5 Å². The van der Waals surface area contributed by atoms with Gasteiger partial charge in [-0.05, 0) is 30.5 Å². The van der Waals surface area contributed by atoms with Crippen LogP contribution in [0.4, 0.5) is 0 Å². The number of ether oxygens (including phenoxy) is 1. The van der Waals surface area contributed by atoms with E-state index in [1.165, 1.54) is 7.11 Å². The van der Waals surface area contributed by atoms with Crippen molar-refractivity contribution in [2.24, 2.45) is 0 Å². The van der Waals surface area contributed by atoms with E-state index in [4.69, 9.17) is 4.74 Å². The van der Waals surface area contributed by atoms with Crippen LogP contribution < -0.4 is 4.74 Å². The maximum absolute atomic E-state index is 9.48. The van der Waals surface area contributed by atoms with Gasteiger partial charge in [0.25, 0.3) is 0 Å². The van der Waals surface area contributed by atoms with Crippen LogP contribution in [-0.2, 0) is 5.41 Å². The monoisotopic (exact) mass is 208 g/mol. The van der Waals surface area contributed by atoms with Crippen molar-refractivity contribution in [2.75, 3.05) is 13.7 Å². The van der Waals surface area contributed by atoms with Crippen molar-refractivity contribution in [3.8, 4) is 11.5 Å². The summed E-state index contributed by atoms with van der Waals surface area (Å²) in [5.41, 5.74) is 0.965. The van der Waals surface area contributed by atoms with E-state index in [0.717, 1.165) is 24.8 Å². The number of methoxy groups -OCH3 is 1. The van der Waals surface area contributed by atoms with E-state index in [0.29, 0.717) is 5.75 Å². The molecule has 2 N–H and O–H groups in total. The molecule has 0 radical (unpaired) electrons. The summed E-state index contributed by atoms with van der Waals surface area (Å²) in [5, 5.41) is 18.9. The van der Waals surface area contributed by atoms with Crippen molar-refractivity contribution in [2.45, 2.75) is 24.7 Å². The predicted octanol–water partition coefficient (Wildman–Crippen LogP) is 1.81. The minimum Gasteiger partial charge on any atom is -0.504 e. The maximum atomic E-state index is 9.48. The molecule has 1 saturated carbocycles. The minimum absolute atomic E-state index is 0.0962. The summed E-state index contributed by atoms with van der Waals surface area (Å²) in [6, 6.07) is 5.32. The van der Waals surface area contributed by atoms with E-state index < -0.39 is 0 Å². The van der Waals surface area contributed by atoms with Gasteiger partial charge in [0.1, 0.15) is 0 Å². The third-order valence-electron chi connectivity index (χ3n) is 3.41. The molecule has 3 heteroatoms. The molecule has 1 aliphatic rings. The van der Waals surface area contributed by atoms with Gasteiger partial charge in [0.05, 0.1) is 13.7 Å². The number of phenols is 1. The lowest BCUT2D eigenvalue weighted by Gasteiger charge is -2.41. The van der Waals surface area contributed by atoms with Gasteiger partial charge in [-0.2, -0.15) is 0 Å². The fraction of sp³-hybridized carbons (Fsp3) is 0.500. The molecule has 0 saturated heterocycles. The van der Waals surface area contributed by atoms with E-state index in [-0.39, 0.29) is 17.8 Å². The molecule has 82 valence electrons. The molecule has 0 amide bonds. The number of rotatable bonds is 3. The van der Waals surface area contributed by atoms with E-state index >= 15 is 0 Å². The molecule has 1 aromatic carbocycles. The standard InChI is InChI=1S/C12H16O3/c1-15-11-7-9(3-4-10(11)14)12(8-13)5-2-6-12/h3-4,7,13-14H,2,5-6,8H2,1H3. The second-order valence-electron chi connectivity index (χ2n) is 4.18. The summed E-state index contributed by atoms with van der Waals surface area (Å²) in [6.07, 6.45) is 3.18. The minimum atomic E-state index is -0.0962. The summed E-state index contributed by atoms with van der Waals surface area (Å²) < 4.78 is 5.06. The Labute approximate surface area is 89.3 Å². The topological polar surface area (TPSA) is 49.7 Å². The summed E-state index contributed by atoms with van der Waals surface area (Å²) >= 11 is 0. The van der Waals surface area contributed by atoms with Crippen LogP contribution in [0.2, 0.25) is 0 Å². The number of aromatic hydroxyl groups is 1. The lowest BCUT2D eigenvalue weighted by Crippen LogP contribution is -2.37. The second-order valence-corrected chi connectivity index (χ2v) is 4.18. The lowest BCUT2D eigenvalue weighted by atomic mass is 9.65. The quantitative estimate of drug-likeness (QED) is 0.796. The van der Waals surface area contributed by atoms with Crippen LogP contribution in [0.5, 0.6) is 11.5 Å². The van der Waals surface area contributed by atoms with E-state index in [2.05, 4.69) is 0 Å². The average molecular weight is 208 g/mol. The van der Waals surface area contributed by atoms with Gasteiger partial charge in [0, 0.05) is 5.41 Å². The first kappa shape index (κ1) is 10.3. The van der Waals surface area contributed by atoms with Crippen molar-refractivity contribution in [3.05, 3.63) is 23.8 Å². The van der Waals surface area contributed by atoms with Crippen molar-refractivity contribution in [3.63, 3.8) is 0 Å². The highest BCUT2D eigenvalue weighted by Gasteiger charge is 2.38. The Morgan fingerprint density at radius 1 is 1.40 bits per heavy atom. The Morgan fingerprint density at radius 2 is 2.13 bits per heavy atom. The lowest BCUT2D eigenvalue weighted by molar-refractivity contribution is 0.120. The van der Waals surface area contributed by atoms with Crippen LogP contribution >= 0.6 is 0 Å². The van der Waals surface area contributed by atoms with E-state index in [9.17, 15) is 10.2 Å². The number of aliphatic hydroxyl groups excluding tert-OH is 1. The summed E-state index contributed by atoms with van der Waals surface area (Å²) in [6.45, 7) is 0.168. The van der Waals surface area contributed by atoms with E-state index in [1.54, 1.807) is 6.07 Å². The van der Waals surface area contributed by atoms with Crippen LogP contribution in [0.3, 0.4) is 0 Å². The second kappa shape index (κ2) is 3.74. The molecule has 0 atom stereocenters. The SMILES string of the molecule is COc1cc(C2(CO)CCC2)ccc1O. The van der Waals surface area contributed by atoms with Crippen molar-refractivity contribution < 1.29 is 14.9 Å². The largest absolute Gasteiger partial charge is 0.504 e. The fourth-order valence-electron chi connectivity index (χ4n) is 2.15. The summed E-state index contributed by atoms with van der Waals surface area (Å²) in [7, 11) is 1.53. The molecule has 0 bridgehead atoms. The van der Waals surface area contributed by atoms with E-state index in [1.807, 2.05) is 12.1 Å². The summed E-state index contributed by atoms with van der Waals surface area (Å²) in [4.78, 5) is 0. The Balaban J connectivity index is 2.36. The van der Waals surface area contributed by atoms with Crippen LogP contribution in [0.25, 0.3) is 0 Å². The third kappa shape index (κ3) is 1.57. The Bertz CT molecular complexity index is 350. The molecule has 1 fully saturated rings. The molecule has 15 heavy (non-hydrogen) atoms. The smallest absolute Gasteiger partial charge is 0.160 e. The number of hydrogen-bond acceptors (Lipinski definition) is 3. The number of aliphatic hydroxyl groups is 1. The zero-order valence-electron chi connectivity index (χ0n) is 8.86. The van der Waals surface area contributed by atoms with Gasteiger partial charge >= 0.3 is 0 Å². The van der Waals surface area contributed by atoms with Crippen LogP contribution in [0, 0.1) is 0 Å². The van der Waals surface area contributed by atoms with Crippen molar-refractivity contribution >= 4 is 0 Å². The van der Waals surface area contributed by atoms with Crippen LogP contribution in [0.1, 0.15) is 24.8 Å². The molecule has 0 spiro atoms. The first-order valence-electron chi connectivity index (χ1n) is 5.20. The highest BCUT2D eigenvalue weighted by Crippen LogP contribution is 2.45. The van der Waals surface area contributed by atoms with Crippen molar-refractivity contribution in [1.82, 2.24) is 0 Å². The summed E-state index contributed by atoms with van der Waals surface area (Å²) in [5.74, 6) is 0.626. The van der Waals surface area contributed by atoms with Gasteiger partial charge in [-0.1, -0.05) is 12.5 Å². The molecule has 0 unspecified atom stereocenters. The molecule has 1 aromatic rings. The van der Waals surface area contributed by atoms with Crippen molar-refractivity contribution in [1.29, 1.82) is 0 Å². The Hall–Kier alpha value is -1.22. The van der Waals surface area contributed by atoms with Gasteiger partial charge in [-0.3, -0.25) is 0 Å². The van der Waals surface area contributed by atoms with Gasteiger partial charge in [-0.25, -0.2) is 0 Å². The normalized spacial score (nSPS) is 18.3. The first-order valence-corrected chi connectivity index (χ1v) is 5.20. The number of benzene rings is 1. The van der Waals surface area contributed by atoms with Gasteiger partial charge in [-0.15, -0.1) is 0 Å². The average Bonchev–Trinajstić information content (AvgIpc) is 2.19. The zero-order valence-corrected chi connectivity index (χ0v) is 8.86. The fourth-order valence-corrected chi connectivity index (χ4v) is 2.15. The van der Waals surface area contributed by atoms with Gasteiger partial charge < -0.3 is 14.9 Å². The molecule has 3 nitrogen and oxygen atoms in total. The Morgan fingerprint density at radius 3 is 2.60 bits per heavy atom. The molecular weight excluding hydrogens is 192 g/mol.